The summed E-state index contributed by atoms with van der Waals surface area (Å²) in [6.07, 6.45) is -0.368. The zero-order chi connectivity index (χ0) is 18.7. The lowest BCUT2D eigenvalue weighted by Crippen LogP contribution is -2.33. The van der Waals surface area contributed by atoms with Crippen molar-refractivity contribution in [2.45, 2.75) is 19.4 Å². The van der Waals surface area contributed by atoms with E-state index in [-0.39, 0.29) is 30.4 Å². The third-order valence-electron chi connectivity index (χ3n) is 4.30. The molecule has 3 rings (SSSR count). The Hall–Kier alpha value is -2.03. The smallest absolute Gasteiger partial charge is 0.414 e. The molecule has 9 heteroatoms. The first-order valence-electron chi connectivity index (χ1n) is 8.50. The Labute approximate surface area is 154 Å². The highest BCUT2D eigenvalue weighted by Crippen LogP contribution is 2.32. The molecule has 1 aromatic carbocycles. The number of anilines is 2. The SMILES string of the molecule is CC(=O)NCC1CN(c2cc(F)c(N3CCCSCC3)c(F)c2)C(=O)O1. The van der Waals surface area contributed by atoms with E-state index < -0.39 is 23.8 Å². The molecular formula is C17H21F2N3O3S. The molecule has 0 saturated carbocycles. The van der Waals surface area contributed by atoms with Crippen molar-refractivity contribution in [3.05, 3.63) is 23.8 Å². The number of thioether (sulfide) groups is 1. The first kappa shape index (κ1) is 18.8. The predicted octanol–water partition coefficient (Wildman–Crippen LogP) is 2.37. The molecular weight excluding hydrogens is 364 g/mol. The molecule has 0 aliphatic carbocycles. The van der Waals surface area contributed by atoms with Crippen LogP contribution in [-0.2, 0) is 9.53 Å². The van der Waals surface area contributed by atoms with Gasteiger partial charge in [-0.2, -0.15) is 11.8 Å². The number of nitrogens with one attached hydrogen (secondary N) is 1. The van der Waals surface area contributed by atoms with Gasteiger partial charge in [0.2, 0.25) is 5.91 Å². The van der Waals surface area contributed by atoms with Gasteiger partial charge in [0.05, 0.1) is 18.8 Å². The lowest BCUT2D eigenvalue weighted by Gasteiger charge is -2.24. The summed E-state index contributed by atoms with van der Waals surface area (Å²) in [4.78, 5) is 25.9. The van der Waals surface area contributed by atoms with Gasteiger partial charge in [-0.25, -0.2) is 13.6 Å². The van der Waals surface area contributed by atoms with Gasteiger partial charge in [-0.3, -0.25) is 9.69 Å². The summed E-state index contributed by atoms with van der Waals surface area (Å²) >= 11 is 1.77. The van der Waals surface area contributed by atoms with Crippen molar-refractivity contribution in [1.82, 2.24) is 5.32 Å². The number of amides is 2. The molecule has 2 heterocycles. The Morgan fingerprint density at radius 1 is 1.31 bits per heavy atom. The topological polar surface area (TPSA) is 61.9 Å². The number of rotatable bonds is 4. The fourth-order valence-electron chi connectivity index (χ4n) is 3.08. The fraction of sp³-hybridized carbons (Fsp3) is 0.529. The highest BCUT2D eigenvalue weighted by atomic mass is 32.2. The molecule has 2 amide bonds. The number of benzene rings is 1. The minimum absolute atomic E-state index is 0.0430. The van der Waals surface area contributed by atoms with Gasteiger partial charge in [-0.05, 0) is 12.2 Å². The number of halogens is 2. The minimum Gasteiger partial charge on any atom is -0.442 e. The molecule has 0 aromatic heterocycles. The molecule has 0 spiro atoms. The van der Waals surface area contributed by atoms with E-state index in [9.17, 15) is 18.4 Å². The zero-order valence-corrected chi connectivity index (χ0v) is 15.3. The van der Waals surface area contributed by atoms with E-state index in [2.05, 4.69) is 5.32 Å². The van der Waals surface area contributed by atoms with Crippen LogP contribution in [0, 0.1) is 11.6 Å². The number of nitrogens with zero attached hydrogens (tertiary/aromatic N) is 2. The molecule has 0 radical (unpaired) electrons. The van der Waals surface area contributed by atoms with Gasteiger partial charge in [0.15, 0.2) is 11.6 Å². The first-order valence-corrected chi connectivity index (χ1v) is 9.65. The monoisotopic (exact) mass is 385 g/mol. The lowest BCUT2D eigenvalue weighted by molar-refractivity contribution is -0.119. The molecule has 1 unspecified atom stereocenters. The molecule has 1 N–H and O–H groups in total. The maximum Gasteiger partial charge on any atom is 0.414 e. The van der Waals surface area contributed by atoms with E-state index in [1.165, 1.54) is 24.0 Å². The summed E-state index contributed by atoms with van der Waals surface area (Å²) in [6, 6.07) is 2.33. The Bertz CT molecular complexity index is 673. The second kappa shape index (κ2) is 8.11. The van der Waals surface area contributed by atoms with Crippen LogP contribution in [0.5, 0.6) is 0 Å². The average molecular weight is 385 g/mol. The molecule has 6 nitrogen and oxygen atoms in total. The van der Waals surface area contributed by atoms with Crippen molar-refractivity contribution in [2.24, 2.45) is 0 Å². The summed E-state index contributed by atoms with van der Waals surface area (Å²) in [5.41, 5.74) is 0.0712. The number of hydrogen-bond donors (Lipinski definition) is 1. The number of cyclic esters (lactones) is 1. The summed E-state index contributed by atoms with van der Waals surface area (Å²) in [6.45, 7) is 2.83. The predicted molar refractivity (Wildman–Crippen MR) is 96.8 cm³/mol. The van der Waals surface area contributed by atoms with Crippen molar-refractivity contribution in [2.75, 3.05) is 47.5 Å². The molecule has 1 aromatic rings. The maximum absolute atomic E-state index is 14.6. The van der Waals surface area contributed by atoms with Crippen molar-refractivity contribution in [1.29, 1.82) is 0 Å². The largest absolute Gasteiger partial charge is 0.442 e. The van der Waals surface area contributed by atoms with Crippen molar-refractivity contribution < 1.29 is 23.1 Å². The second-order valence-corrected chi connectivity index (χ2v) is 7.49. The quantitative estimate of drug-likeness (QED) is 0.862. The summed E-state index contributed by atoms with van der Waals surface area (Å²) < 4.78 is 34.4. The minimum atomic E-state index is -0.690. The van der Waals surface area contributed by atoms with Gasteiger partial charge in [-0.1, -0.05) is 0 Å². The van der Waals surface area contributed by atoms with Gasteiger partial charge >= 0.3 is 6.09 Å². The van der Waals surface area contributed by atoms with Crippen molar-refractivity contribution >= 4 is 35.1 Å². The Kier molecular flexibility index (Phi) is 5.85. The van der Waals surface area contributed by atoms with Crippen LogP contribution in [0.3, 0.4) is 0 Å². The van der Waals surface area contributed by atoms with E-state index in [4.69, 9.17) is 4.74 Å². The second-order valence-electron chi connectivity index (χ2n) is 6.26. The highest BCUT2D eigenvalue weighted by Gasteiger charge is 2.33. The Morgan fingerprint density at radius 2 is 2.04 bits per heavy atom. The van der Waals surface area contributed by atoms with Crippen LogP contribution in [0.4, 0.5) is 25.0 Å². The van der Waals surface area contributed by atoms with Crippen LogP contribution in [0.2, 0.25) is 0 Å². The Morgan fingerprint density at radius 3 is 2.73 bits per heavy atom. The van der Waals surface area contributed by atoms with Gasteiger partial charge < -0.3 is 15.0 Å². The van der Waals surface area contributed by atoms with Gasteiger partial charge in [-0.15, -0.1) is 0 Å². The third kappa shape index (κ3) is 4.20. The standard InChI is InChI=1S/C17H21F2N3O3S/c1-11(23)20-9-13-10-22(17(24)25-13)12-7-14(18)16(15(19)8-12)21-3-2-5-26-6-4-21/h7-8,13H,2-6,9-10H2,1H3,(H,20,23). The van der Waals surface area contributed by atoms with Crippen molar-refractivity contribution in [3.63, 3.8) is 0 Å². The van der Waals surface area contributed by atoms with Gasteiger partial charge in [0, 0.05) is 37.9 Å². The number of hydrogen-bond acceptors (Lipinski definition) is 5. The van der Waals surface area contributed by atoms with Gasteiger partial charge in [0.1, 0.15) is 11.8 Å². The van der Waals surface area contributed by atoms with E-state index in [0.717, 1.165) is 17.9 Å². The highest BCUT2D eigenvalue weighted by molar-refractivity contribution is 7.99. The average Bonchev–Trinajstić information content (AvgIpc) is 2.77. The van der Waals surface area contributed by atoms with Crippen molar-refractivity contribution in [3.8, 4) is 0 Å². The molecule has 26 heavy (non-hydrogen) atoms. The van der Waals surface area contributed by atoms with Crippen LogP contribution in [0.1, 0.15) is 13.3 Å². The normalized spacial score (nSPS) is 20.7. The molecule has 142 valence electrons. The number of ether oxygens (including phenoxy) is 1. The lowest BCUT2D eigenvalue weighted by atomic mass is 10.2. The molecule has 1 atom stereocenters. The number of carbonyl (C=O) groups is 2. The van der Waals surface area contributed by atoms with Gasteiger partial charge in [0.25, 0.3) is 0 Å². The summed E-state index contributed by atoms with van der Waals surface area (Å²) in [5, 5.41) is 2.56. The van der Waals surface area contributed by atoms with Crippen LogP contribution in [0.15, 0.2) is 12.1 Å². The molecule has 2 fully saturated rings. The summed E-state index contributed by atoms with van der Waals surface area (Å²) in [7, 11) is 0. The molecule has 2 saturated heterocycles. The van der Waals surface area contributed by atoms with E-state index in [0.29, 0.717) is 13.1 Å². The first-order chi connectivity index (χ1) is 12.5. The number of carbonyl (C=O) groups excluding carboxylic acids is 2. The fourth-order valence-corrected chi connectivity index (χ4v) is 3.96. The van der Waals surface area contributed by atoms with Crippen LogP contribution >= 0.6 is 11.8 Å². The zero-order valence-electron chi connectivity index (χ0n) is 14.5. The van der Waals surface area contributed by atoms with Crippen LogP contribution in [0.25, 0.3) is 0 Å². The third-order valence-corrected chi connectivity index (χ3v) is 5.35. The van der Waals surface area contributed by atoms with E-state index in [1.54, 1.807) is 16.7 Å². The summed E-state index contributed by atoms with van der Waals surface area (Å²) in [5.74, 6) is 0.184. The van der Waals surface area contributed by atoms with Crippen LogP contribution in [-0.4, -0.2) is 55.8 Å². The molecule has 0 bridgehead atoms. The Balaban J connectivity index is 1.77. The maximum atomic E-state index is 14.6. The van der Waals surface area contributed by atoms with E-state index >= 15 is 0 Å². The van der Waals surface area contributed by atoms with Crippen LogP contribution < -0.4 is 15.1 Å². The molecule has 2 aliphatic heterocycles. The molecule has 2 aliphatic rings. The van der Waals surface area contributed by atoms with E-state index in [1.807, 2.05) is 0 Å².